The van der Waals surface area contributed by atoms with Gasteiger partial charge in [-0.15, -0.1) is 5.10 Å². The van der Waals surface area contributed by atoms with Gasteiger partial charge in [-0.1, -0.05) is 0 Å². The van der Waals surface area contributed by atoms with Crippen LogP contribution in [0.15, 0.2) is 24.8 Å². The molecule has 0 saturated heterocycles. The SMILES string of the molecule is Cc1nc(N)nn2cc(F)c(-c3cnc4ncc(C(F)F)n4c3)c12. The monoisotopic (exact) mass is 333 g/mol. The number of nitrogen functional groups attached to an aromatic ring is 1. The van der Waals surface area contributed by atoms with Crippen molar-refractivity contribution in [2.45, 2.75) is 13.3 Å². The Labute approximate surface area is 132 Å². The van der Waals surface area contributed by atoms with E-state index in [-0.39, 0.29) is 23.0 Å². The second kappa shape index (κ2) is 4.91. The second-order valence-electron chi connectivity index (χ2n) is 5.20. The molecule has 7 nitrogen and oxygen atoms in total. The number of halogens is 3. The van der Waals surface area contributed by atoms with E-state index in [1.807, 2.05) is 0 Å². The van der Waals surface area contributed by atoms with Crippen LogP contribution in [0.5, 0.6) is 0 Å². The molecule has 10 heteroatoms. The highest BCUT2D eigenvalue weighted by molar-refractivity contribution is 5.82. The molecule has 0 bridgehead atoms. The number of alkyl halides is 2. The van der Waals surface area contributed by atoms with Crippen LogP contribution in [0.25, 0.3) is 22.4 Å². The first kappa shape index (κ1) is 14.4. The van der Waals surface area contributed by atoms with E-state index < -0.39 is 12.2 Å². The fraction of sp³-hybridized carbons (Fsp3) is 0.143. The van der Waals surface area contributed by atoms with Gasteiger partial charge in [0, 0.05) is 23.5 Å². The van der Waals surface area contributed by atoms with E-state index >= 15 is 0 Å². The lowest BCUT2D eigenvalue weighted by Gasteiger charge is -2.06. The van der Waals surface area contributed by atoms with Gasteiger partial charge in [0.2, 0.25) is 11.7 Å². The molecule has 0 amide bonds. The molecule has 4 aromatic heterocycles. The quantitative estimate of drug-likeness (QED) is 0.609. The fourth-order valence-corrected chi connectivity index (χ4v) is 2.70. The van der Waals surface area contributed by atoms with Gasteiger partial charge in [0.05, 0.1) is 23.6 Å². The first-order valence-corrected chi connectivity index (χ1v) is 6.88. The molecule has 0 saturated carbocycles. The van der Waals surface area contributed by atoms with Crippen molar-refractivity contribution < 1.29 is 13.2 Å². The number of imidazole rings is 1. The number of rotatable bonds is 2. The number of aromatic nitrogens is 6. The summed E-state index contributed by atoms with van der Waals surface area (Å²) in [5, 5.41) is 3.93. The summed E-state index contributed by atoms with van der Waals surface area (Å²) in [6.45, 7) is 1.66. The van der Waals surface area contributed by atoms with Crippen molar-refractivity contribution in [3.63, 3.8) is 0 Å². The maximum atomic E-state index is 14.5. The number of nitrogens with zero attached hydrogens (tertiary/aromatic N) is 6. The lowest BCUT2D eigenvalue weighted by Crippen LogP contribution is -2.03. The molecular formula is C14H10F3N7. The Morgan fingerprint density at radius 2 is 1.92 bits per heavy atom. The van der Waals surface area contributed by atoms with Gasteiger partial charge < -0.3 is 5.73 Å². The summed E-state index contributed by atoms with van der Waals surface area (Å²) in [4.78, 5) is 11.8. The lowest BCUT2D eigenvalue weighted by atomic mass is 10.1. The van der Waals surface area contributed by atoms with Gasteiger partial charge in [0.15, 0.2) is 5.82 Å². The molecular weight excluding hydrogens is 323 g/mol. The molecule has 4 heterocycles. The molecule has 0 aliphatic heterocycles. The van der Waals surface area contributed by atoms with Crippen LogP contribution >= 0.6 is 0 Å². The van der Waals surface area contributed by atoms with E-state index in [1.54, 1.807) is 6.92 Å². The molecule has 0 radical (unpaired) electrons. The summed E-state index contributed by atoms with van der Waals surface area (Å²) in [7, 11) is 0. The van der Waals surface area contributed by atoms with Gasteiger partial charge in [-0.3, -0.25) is 4.40 Å². The third-order valence-corrected chi connectivity index (χ3v) is 3.68. The summed E-state index contributed by atoms with van der Waals surface area (Å²) in [6, 6.07) is 0. The number of fused-ring (bicyclic) bond motifs is 2. The number of hydrogen-bond acceptors (Lipinski definition) is 5. The van der Waals surface area contributed by atoms with E-state index in [1.165, 1.54) is 16.9 Å². The van der Waals surface area contributed by atoms with Gasteiger partial charge in [0.25, 0.3) is 6.43 Å². The van der Waals surface area contributed by atoms with Crippen molar-refractivity contribution in [3.8, 4) is 11.1 Å². The lowest BCUT2D eigenvalue weighted by molar-refractivity contribution is 0.145. The standard InChI is InChI=1S/C14H10F3N7/c1-6-11-10(8(15)5-24(11)22-13(18)21-6)7-2-19-14-20-3-9(12(16)17)23(14)4-7/h2-5,12H,1H3,(H2,18,22). The minimum absolute atomic E-state index is 0.00437. The maximum absolute atomic E-state index is 14.5. The summed E-state index contributed by atoms with van der Waals surface area (Å²) >= 11 is 0. The molecule has 0 aliphatic carbocycles. The summed E-state index contributed by atoms with van der Waals surface area (Å²) < 4.78 is 43.0. The Morgan fingerprint density at radius 3 is 2.67 bits per heavy atom. The molecule has 4 rings (SSSR count). The average molecular weight is 333 g/mol. The van der Waals surface area contributed by atoms with E-state index in [4.69, 9.17) is 5.73 Å². The van der Waals surface area contributed by atoms with Crippen LogP contribution in [0, 0.1) is 12.7 Å². The largest absolute Gasteiger partial charge is 0.367 e. The predicted molar refractivity (Wildman–Crippen MR) is 79.0 cm³/mol. The molecule has 2 N–H and O–H groups in total. The smallest absolute Gasteiger partial charge is 0.280 e. The number of hydrogen-bond donors (Lipinski definition) is 1. The second-order valence-corrected chi connectivity index (χ2v) is 5.20. The molecule has 0 aromatic carbocycles. The Kier molecular flexibility index (Phi) is 2.95. The van der Waals surface area contributed by atoms with Crippen LogP contribution in [0.2, 0.25) is 0 Å². The van der Waals surface area contributed by atoms with Crippen molar-refractivity contribution in [3.05, 3.63) is 42.0 Å². The van der Waals surface area contributed by atoms with Gasteiger partial charge in [-0.2, -0.15) is 0 Å². The zero-order valence-electron chi connectivity index (χ0n) is 12.3. The van der Waals surface area contributed by atoms with Crippen molar-refractivity contribution >= 4 is 17.2 Å². The minimum Gasteiger partial charge on any atom is -0.367 e. The highest BCUT2D eigenvalue weighted by atomic mass is 19.3. The average Bonchev–Trinajstić information content (AvgIpc) is 3.06. The molecule has 0 spiro atoms. The van der Waals surface area contributed by atoms with Crippen LogP contribution in [0.1, 0.15) is 17.8 Å². The normalized spacial score (nSPS) is 11.9. The first-order valence-electron chi connectivity index (χ1n) is 6.88. The Bertz CT molecular complexity index is 1080. The summed E-state index contributed by atoms with van der Waals surface area (Å²) in [5.74, 6) is -0.474. The van der Waals surface area contributed by atoms with Gasteiger partial charge in [-0.05, 0) is 6.92 Å². The van der Waals surface area contributed by atoms with Crippen LogP contribution < -0.4 is 5.73 Å². The highest BCUT2D eigenvalue weighted by Gasteiger charge is 2.20. The fourth-order valence-electron chi connectivity index (χ4n) is 2.70. The zero-order chi connectivity index (χ0) is 17.0. The van der Waals surface area contributed by atoms with Crippen LogP contribution in [0.3, 0.4) is 0 Å². The zero-order valence-corrected chi connectivity index (χ0v) is 12.3. The van der Waals surface area contributed by atoms with Crippen molar-refractivity contribution in [1.82, 2.24) is 29.0 Å². The molecule has 122 valence electrons. The van der Waals surface area contributed by atoms with E-state index in [0.29, 0.717) is 16.8 Å². The molecule has 0 unspecified atom stereocenters. The van der Waals surface area contributed by atoms with Gasteiger partial charge >= 0.3 is 0 Å². The number of nitrogens with two attached hydrogens (primary N) is 1. The van der Waals surface area contributed by atoms with Gasteiger partial charge in [0.1, 0.15) is 5.69 Å². The summed E-state index contributed by atoms with van der Waals surface area (Å²) in [6.07, 6.45) is 2.20. The van der Waals surface area contributed by atoms with Crippen molar-refractivity contribution in [2.75, 3.05) is 5.73 Å². The topological polar surface area (TPSA) is 86.4 Å². The predicted octanol–water partition coefficient (Wildman–Crippen LogP) is 2.41. The number of aryl methyl sites for hydroxylation is 1. The first-order chi connectivity index (χ1) is 11.5. The van der Waals surface area contributed by atoms with E-state index in [9.17, 15) is 13.2 Å². The highest BCUT2D eigenvalue weighted by Crippen LogP contribution is 2.31. The van der Waals surface area contributed by atoms with Crippen molar-refractivity contribution in [1.29, 1.82) is 0 Å². The third kappa shape index (κ3) is 1.99. The van der Waals surface area contributed by atoms with E-state index in [2.05, 4.69) is 20.1 Å². The van der Waals surface area contributed by atoms with Crippen LogP contribution in [-0.2, 0) is 0 Å². The van der Waals surface area contributed by atoms with Crippen LogP contribution in [0.4, 0.5) is 19.1 Å². The Morgan fingerprint density at radius 1 is 1.17 bits per heavy atom. The molecule has 4 aromatic rings. The summed E-state index contributed by atoms with van der Waals surface area (Å²) in [5.41, 5.74) is 6.56. The minimum atomic E-state index is -2.72. The Balaban J connectivity index is 2.02. The maximum Gasteiger partial charge on any atom is 0.280 e. The van der Waals surface area contributed by atoms with Crippen LogP contribution in [-0.4, -0.2) is 29.0 Å². The molecule has 0 atom stereocenters. The molecule has 0 aliphatic rings. The van der Waals surface area contributed by atoms with Crippen molar-refractivity contribution in [2.24, 2.45) is 0 Å². The Hall–Kier alpha value is -3.17. The van der Waals surface area contributed by atoms with Gasteiger partial charge in [-0.25, -0.2) is 32.6 Å². The number of anilines is 1. The molecule has 24 heavy (non-hydrogen) atoms. The molecule has 0 fully saturated rings. The third-order valence-electron chi connectivity index (χ3n) is 3.68. The van der Waals surface area contributed by atoms with E-state index in [0.717, 1.165) is 16.8 Å².